The van der Waals surface area contributed by atoms with Crippen LogP contribution in [0.1, 0.15) is 5.69 Å². The summed E-state index contributed by atoms with van der Waals surface area (Å²) in [6.45, 7) is 5.44. The molecule has 8 nitrogen and oxygen atoms in total. The van der Waals surface area contributed by atoms with Crippen LogP contribution >= 0.6 is 0 Å². The molecule has 1 aromatic carbocycles. The summed E-state index contributed by atoms with van der Waals surface area (Å²) < 4.78 is 47.5. The van der Waals surface area contributed by atoms with Gasteiger partial charge < -0.3 is 9.32 Å². The van der Waals surface area contributed by atoms with Crippen LogP contribution in [0.5, 0.6) is 0 Å². The molecule has 4 rings (SSSR count). The number of likely N-dealkylation sites (N-methyl/N-ethyl adjacent to an activating group) is 1. The Hall–Kier alpha value is -1.85. The summed E-state index contributed by atoms with van der Waals surface area (Å²) >= 11 is 0. The van der Waals surface area contributed by atoms with Gasteiger partial charge in [0.25, 0.3) is 10.2 Å². The zero-order valence-electron chi connectivity index (χ0n) is 16.5. The van der Waals surface area contributed by atoms with Gasteiger partial charge in [-0.25, -0.2) is 9.37 Å². The number of halogens is 1. The molecule has 0 atom stereocenters. The largest absolute Gasteiger partial charge is 0.444 e. The minimum atomic E-state index is -3.39. The molecule has 2 saturated heterocycles. The number of rotatable bonds is 5. The van der Waals surface area contributed by atoms with Crippen LogP contribution in [-0.2, 0) is 16.8 Å². The van der Waals surface area contributed by atoms with Crippen molar-refractivity contribution in [3.8, 4) is 11.5 Å². The topological polar surface area (TPSA) is 73.1 Å². The fraction of sp³-hybridized carbons (Fsp3) is 0.526. The van der Waals surface area contributed by atoms with E-state index in [1.54, 1.807) is 27.0 Å². The number of aromatic nitrogens is 1. The molecule has 2 aliphatic heterocycles. The van der Waals surface area contributed by atoms with Crippen LogP contribution in [0.15, 0.2) is 34.9 Å². The molecule has 0 bridgehead atoms. The average Bonchev–Trinajstić information content (AvgIpc) is 3.18. The van der Waals surface area contributed by atoms with Gasteiger partial charge in [-0.05, 0) is 31.3 Å². The van der Waals surface area contributed by atoms with Crippen molar-refractivity contribution < 1.29 is 17.2 Å². The Morgan fingerprint density at radius 3 is 2.17 bits per heavy atom. The van der Waals surface area contributed by atoms with Crippen LogP contribution in [0.25, 0.3) is 11.5 Å². The van der Waals surface area contributed by atoms with Crippen molar-refractivity contribution in [3.63, 3.8) is 0 Å². The second-order valence-corrected chi connectivity index (χ2v) is 9.46. The second-order valence-electron chi connectivity index (χ2n) is 7.54. The molecule has 1 aromatic heterocycles. The second kappa shape index (κ2) is 8.49. The maximum Gasteiger partial charge on any atom is 0.282 e. The summed E-state index contributed by atoms with van der Waals surface area (Å²) in [5.41, 5.74) is 1.50. The molecule has 2 aromatic rings. The third kappa shape index (κ3) is 4.67. The Bertz CT molecular complexity index is 918. The lowest BCUT2D eigenvalue weighted by Gasteiger charge is -2.38. The number of oxazole rings is 1. The van der Waals surface area contributed by atoms with E-state index in [9.17, 15) is 12.8 Å². The van der Waals surface area contributed by atoms with E-state index in [2.05, 4.69) is 14.8 Å². The van der Waals surface area contributed by atoms with E-state index in [1.165, 1.54) is 12.1 Å². The van der Waals surface area contributed by atoms with Crippen LogP contribution < -0.4 is 0 Å². The highest BCUT2D eigenvalue weighted by Crippen LogP contribution is 2.20. The Morgan fingerprint density at radius 1 is 0.966 bits per heavy atom. The van der Waals surface area contributed by atoms with E-state index in [4.69, 9.17) is 4.42 Å². The van der Waals surface area contributed by atoms with E-state index >= 15 is 0 Å². The lowest BCUT2D eigenvalue weighted by molar-refractivity contribution is 0.163. The van der Waals surface area contributed by atoms with Crippen molar-refractivity contribution >= 4 is 10.2 Å². The first-order valence-corrected chi connectivity index (χ1v) is 11.2. The molecule has 0 spiro atoms. The number of piperazine rings is 2. The van der Waals surface area contributed by atoms with Gasteiger partial charge in [0.05, 0.1) is 5.69 Å². The fourth-order valence-corrected chi connectivity index (χ4v) is 5.21. The Morgan fingerprint density at radius 2 is 1.55 bits per heavy atom. The summed E-state index contributed by atoms with van der Waals surface area (Å²) in [5, 5.41) is 0. The van der Waals surface area contributed by atoms with Crippen molar-refractivity contribution in [1.29, 1.82) is 0 Å². The molecule has 0 amide bonds. The minimum absolute atomic E-state index is 0.301. The van der Waals surface area contributed by atoms with E-state index in [0.717, 1.165) is 24.3 Å². The Kier molecular flexibility index (Phi) is 5.98. The summed E-state index contributed by atoms with van der Waals surface area (Å²) in [6, 6.07) is 6.01. The number of hydrogen-bond donors (Lipinski definition) is 0. The van der Waals surface area contributed by atoms with Crippen LogP contribution in [0.3, 0.4) is 0 Å². The molecular formula is C19H26FN5O3S. The van der Waals surface area contributed by atoms with E-state index in [-0.39, 0.29) is 5.82 Å². The molecule has 2 fully saturated rings. The Balaban J connectivity index is 1.32. The zero-order chi connectivity index (χ0) is 20.4. The highest BCUT2D eigenvalue weighted by atomic mass is 32.2. The van der Waals surface area contributed by atoms with Gasteiger partial charge in [-0.1, -0.05) is 0 Å². The highest BCUT2D eigenvalue weighted by Gasteiger charge is 2.33. The molecule has 0 N–H and O–H groups in total. The molecule has 0 aliphatic carbocycles. The molecular weight excluding hydrogens is 397 g/mol. The third-order valence-corrected chi connectivity index (χ3v) is 7.51. The van der Waals surface area contributed by atoms with E-state index < -0.39 is 10.2 Å². The normalized spacial score (nSPS) is 20.9. The van der Waals surface area contributed by atoms with Gasteiger partial charge in [0.2, 0.25) is 5.89 Å². The third-order valence-electron chi connectivity index (χ3n) is 5.47. The number of hydrogen-bond acceptors (Lipinski definition) is 6. The first-order valence-electron chi connectivity index (χ1n) is 9.78. The monoisotopic (exact) mass is 423 g/mol. The molecule has 0 unspecified atom stereocenters. The standard InChI is InChI=1S/C19H26FN5O3S/c1-22-6-10-24(11-7-22)29(26,27)25-12-8-23(9-13-25)14-18-15-28-19(21-18)16-2-4-17(20)5-3-16/h2-5,15H,6-14H2,1H3. The van der Waals surface area contributed by atoms with Gasteiger partial charge in [-0.3, -0.25) is 4.90 Å². The van der Waals surface area contributed by atoms with Crippen molar-refractivity contribution in [2.45, 2.75) is 6.54 Å². The van der Waals surface area contributed by atoms with Crippen molar-refractivity contribution in [2.75, 3.05) is 59.4 Å². The van der Waals surface area contributed by atoms with E-state index in [0.29, 0.717) is 51.7 Å². The van der Waals surface area contributed by atoms with Gasteiger partial charge in [0, 0.05) is 64.5 Å². The summed E-state index contributed by atoms with van der Waals surface area (Å²) in [5.74, 6) is 0.154. The van der Waals surface area contributed by atoms with Gasteiger partial charge in [0.1, 0.15) is 12.1 Å². The van der Waals surface area contributed by atoms with Crippen LogP contribution in [0.2, 0.25) is 0 Å². The first kappa shape index (κ1) is 20.4. The maximum atomic E-state index is 13.1. The maximum absolute atomic E-state index is 13.1. The van der Waals surface area contributed by atoms with Crippen LogP contribution in [0.4, 0.5) is 4.39 Å². The van der Waals surface area contributed by atoms with Crippen molar-refractivity contribution in [1.82, 2.24) is 23.4 Å². The lowest BCUT2D eigenvalue weighted by Crippen LogP contribution is -2.56. The van der Waals surface area contributed by atoms with Gasteiger partial charge in [0.15, 0.2) is 0 Å². The number of benzene rings is 1. The molecule has 158 valence electrons. The van der Waals surface area contributed by atoms with Crippen LogP contribution in [0, 0.1) is 5.82 Å². The Labute approximate surface area is 170 Å². The first-order chi connectivity index (χ1) is 13.9. The smallest absolute Gasteiger partial charge is 0.282 e. The van der Waals surface area contributed by atoms with Gasteiger partial charge in [-0.2, -0.15) is 17.0 Å². The van der Waals surface area contributed by atoms with Crippen molar-refractivity contribution in [2.24, 2.45) is 0 Å². The molecule has 10 heteroatoms. The molecule has 0 saturated carbocycles. The molecule has 29 heavy (non-hydrogen) atoms. The SMILES string of the molecule is CN1CCN(S(=O)(=O)N2CCN(Cc3coc(-c4ccc(F)cc4)n3)CC2)CC1. The van der Waals surface area contributed by atoms with Gasteiger partial charge in [-0.15, -0.1) is 0 Å². The zero-order valence-corrected chi connectivity index (χ0v) is 17.3. The summed E-state index contributed by atoms with van der Waals surface area (Å²) in [6.07, 6.45) is 1.60. The molecule has 2 aliphatic rings. The van der Waals surface area contributed by atoms with Gasteiger partial charge >= 0.3 is 0 Å². The minimum Gasteiger partial charge on any atom is -0.444 e. The molecule has 3 heterocycles. The quantitative estimate of drug-likeness (QED) is 0.717. The number of nitrogens with zero attached hydrogens (tertiary/aromatic N) is 5. The lowest BCUT2D eigenvalue weighted by atomic mass is 10.2. The predicted octanol–water partition coefficient (Wildman–Crippen LogP) is 1.09. The summed E-state index contributed by atoms with van der Waals surface area (Å²) in [4.78, 5) is 8.79. The predicted molar refractivity (Wildman–Crippen MR) is 107 cm³/mol. The van der Waals surface area contributed by atoms with Crippen LogP contribution in [-0.4, -0.2) is 91.2 Å². The van der Waals surface area contributed by atoms with Crippen molar-refractivity contribution in [3.05, 3.63) is 42.0 Å². The highest BCUT2D eigenvalue weighted by molar-refractivity contribution is 7.86. The average molecular weight is 424 g/mol. The molecule has 0 radical (unpaired) electrons. The fourth-order valence-electron chi connectivity index (χ4n) is 3.63. The summed E-state index contributed by atoms with van der Waals surface area (Å²) in [7, 11) is -1.38. The van der Waals surface area contributed by atoms with E-state index in [1.807, 2.05) is 7.05 Å².